The van der Waals surface area contributed by atoms with Gasteiger partial charge in [0.2, 0.25) is 0 Å². The van der Waals surface area contributed by atoms with Crippen LogP contribution in [0.25, 0.3) is 23.3 Å². The minimum atomic E-state index is -4.37. The van der Waals surface area contributed by atoms with E-state index in [1.165, 1.54) is 84.9 Å². The summed E-state index contributed by atoms with van der Waals surface area (Å²) in [5, 5.41) is 0. The third-order valence-electron chi connectivity index (χ3n) is 10.3. The van der Waals surface area contributed by atoms with Crippen LogP contribution in [0.1, 0.15) is 57.3 Å². The molecule has 0 fully saturated rings. The van der Waals surface area contributed by atoms with E-state index in [0.29, 0.717) is 44.8 Å². The zero-order chi connectivity index (χ0) is 50.7. The van der Waals surface area contributed by atoms with E-state index in [-0.39, 0.29) is 48.7 Å². The number of anilines is 2. The van der Waals surface area contributed by atoms with Crippen LogP contribution in [-0.4, -0.2) is 24.3 Å². The van der Waals surface area contributed by atoms with Crippen LogP contribution >= 0.6 is 0 Å². The molecule has 8 nitrogen and oxygen atoms in total. The molecule has 6 aromatic rings. The van der Waals surface area contributed by atoms with E-state index in [4.69, 9.17) is 30.4 Å². The molecule has 0 bridgehead atoms. The van der Waals surface area contributed by atoms with Crippen LogP contribution in [0.3, 0.4) is 0 Å². The van der Waals surface area contributed by atoms with Crippen LogP contribution in [-0.2, 0) is 57.3 Å². The van der Waals surface area contributed by atoms with Gasteiger partial charge in [-0.2, -0.15) is 43.9 Å². The van der Waals surface area contributed by atoms with Crippen molar-refractivity contribution in [2.45, 2.75) is 63.5 Å². The quantitative estimate of drug-likeness (QED) is 0.0356. The van der Waals surface area contributed by atoms with Gasteiger partial charge in [0, 0.05) is 36.4 Å². The number of hydrogen-bond donors (Lipinski definition) is 2. The minimum absolute atomic E-state index is 0.213. The maximum atomic E-state index is 14.8. The maximum absolute atomic E-state index is 14.8. The van der Waals surface area contributed by atoms with Crippen LogP contribution in [0.5, 0.6) is 11.5 Å². The number of hydrogen-bond acceptors (Lipinski definition) is 8. The molecule has 6 aromatic carbocycles. The Morgan fingerprint density at radius 3 is 1.13 bits per heavy atom. The molecule has 0 spiro atoms. The predicted octanol–water partition coefficient (Wildman–Crippen LogP) is 13.3. The lowest BCUT2D eigenvalue weighted by Crippen LogP contribution is -2.21. The maximum Gasteiger partial charge on any atom is 0.426 e. The highest BCUT2D eigenvalue weighted by Gasteiger charge is 2.36. The number of aryl methyl sites for hydroxylation is 2. The van der Waals surface area contributed by atoms with Gasteiger partial charge in [-0.05, 0) is 142 Å². The second-order valence-corrected chi connectivity index (χ2v) is 15.7. The number of alkyl halides is 10. The van der Waals surface area contributed by atoms with Crippen molar-refractivity contribution in [1.29, 1.82) is 0 Å². The molecule has 0 amide bonds. The molecule has 0 radical (unpaired) electrons. The Labute approximate surface area is 394 Å². The van der Waals surface area contributed by atoms with Crippen molar-refractivity contribution >= 4 is 35.5 Å². The Balaban J connectivity index is 1.01. The van der Waals surface area contributed by atoms with Crippen molar-refractivity contribution in [2.24, 2.45) is 0 Å². The Kier molecular flexibility index (Phi) is 16.3. The first kappa shape index (κ1) is 51.6. The molecule has 4 N–H and O–H groups in total. The normalized spacial score (nSPS) is 12.3. The molecule has 0 aromatic heterocycles. The van der Waals surface area contributed by atoms with Crippen LogP contribution in [0.4, 0.5) is 55.3 Å². The van der Waals surface area contributed by atoms with Gasteiger partial charge in [0.25, 0.3) is 0 Å². The summed E-state index contributed by atoms with van der Waals surface area (Å²) in [6, 6.07) is 29.2. The van der Waals surface area contributed by atoms with Crippen molar-refractivity contribution in [2.75, 3.05) is 11.5 Å². The number of halogens is 10. The molecule has 70 heavy (non-hydrogen) atoms. The molecule has 0 aliphatic carbocycles. The van der Waals surface area contributed by atoms with E-state index < -0.39 is 60.5 Å². The average molecular weight is 981 g/mol. The van der Waals surface area contributed by atoms with E-state index in [1.807, 2.05) is 0 Å². The molecule has 0 saturated carbocycles. The smallest absolute Gasteiger partial charge is 0.426 e. The highest BCUT2D eigenvalue weighted by atomic mass is 19.4. The molecule has 0 aliphatic rings. The number of carbonyl (C=O) groups is 2. The zero-order valence-electron chi connectivity index (χ0n) is 36.6. The number of rotatable bonds is 19. The van der Waals surface area contributed by atoms with Crippen LogP contribution in [0.2, 0.25) is 0 Å². The minimum Gasteiger partial charge on any atom is -0.458 e. The van der Waals surface area contributed by atoms with Crippen LogP contribution in [0, 0.1) is 0 Å². The molecular formula is C52H42F10N2O6. The largest absolute Gasteiger partial charge is 0.458 e. The number of benzene rings is 6. The van der Waals surface area contributed by atoms with Crippen molar-refractivity contribution in [3.8, 4) is 22.6 Å². The average Bonchev–Trinajstić information content (AvgIpc) is 3.31. The molecular weight excluding hydrogens is 939 g/mol. The monoisotopic (exact) mass is 980 g/mol. The molecule has 18 heteroatoms. The van der Waals surface area contributed by atoms with Gasteiger partial charge in [0.15, 0.2) is 0 Å². The summed E-state index contributed by atoms with van der Waals surface area (Å²) in [5.74, 6) is -1.94. The van der Waals surface area contributed by atoms with Crippen molar-refractivity contribution in [1.82, 2.24) is 0 Å². The molecule has 6 rings (SSSR count). The highest BCUT2D eigenvalue weighted by molar-refractivity contribution is 5.88. The second-order valence-electron chi connectivity index (χ2n) is 15.7. The second kappa shape index (κ2) is 22.1. The lowest BCUT2D eigenvalue weighted by Gasteiger charge is -2.18. The fourth-order valence-electron chi connectivity index (χ4n) is 6.73. The molecule has 0 aliphatic heterocycles. The summed E-state index contributed by atoms with van der Waals surface area (Å²) < 4.78 is 155. The molecule has 0 unspecified atom stereocenters. The van der Waals surface area contributed by atoms with E-state index in [1.54, 1.807) is 36.4 Å². The first-order chi connectivity index (χ1) is 33.0. The third-order valence-corrected chi connectivity index (χ3v) is 10.3. The first-order valence-corrected chi connectivity index (χ1v) is 21.1. The van der Waals surface area contributed by atoms with Gasteiger partial charge in [0.05, 0.1) is 11.1 Å². The third kappa shape index (κ3) is 15.6. The summed E-state index contributed by atoms with van der Waals surface area (Å²) in [5.41, 5.74) is 15.2. The number of carbonyl (C=O) groups excluding carboxylic acids is 2. The van der Waals surface area contributed by atoms with Gasteiger partial charge in [-0.15, -0.1) is 0 Å². The van der Waals surface area contributed by atoms with Crippen molar-refractivity contribution < 1.29 is 72.4 Å². The van der Waals surface area contributed by atoms with Gasteiger partial charge in [0.1, 0.15) is 24.7 Å². The van der Waals surface area contributed by atoms with E-state index in [9.17, 15) is 53.5 Å². The number of nitrogen functional groups attached to an aromatic ring is 2. The highest BCUT2D eigenvalue weighted by Crippen LogP contribution is 2.35. The van der Waals surface area contributed by atoms with Gasteiger partial charge >= 0.3 is 36.5 Å². The van der Waals surface area contributed by atoms with Crippen LogP contribution in [0.15, 0.2) is 146 Å². The fraction of sp³-hybridized carbons (Fsp3) is 0.192. The fourth-order valence-corrected chi connectivity index (χ4v) is 6.73. The molecule has 0 saturated heterocycles. The van der Waals surface area contributed by atoms with E-state index in [0.717, 1.165) is 36.4 Å². The SMILES string of the molecule is Nc1ccc(-c2ccc(N)cc2COC(=O)/C=C/c2ccc(OC(F)(F)c3ccc(CCC(F)(F)F)cc3)cc2)c(COC(=O)/C=C/c2ccc(OC(F)(F)c3ccc(CCC(F)(F)F)cc3)cc2)c1. The van der Waals surface area contributed by atoms with Crippen LogP contribution < -0.4 is 20.9 Å². The topological polar surface area (TPSA) is 123 Å². The Bertz CT molecular complexity index is 2600. The van der Waals surface area contributed by atoms with Crippen molar-refractivity contribution in [3.63, 3.8) is 0 Å². The number of nitrogens with two attached hydrogens (primary N) is 2. The number of esters is 2. The number of ether oxygens (including phenoxy) is 4. The Morgan fingerprint density at radius 2 is 0.800 bits per heavy atom. The molecule has 0 atom stereocenters. The summed E-state index contributed by atoms with van der Waals surface area (Å²) in [7, 11) is 0. The lowest BCUT2D eigenvalue weighted by atomic mass is 9.95. The van der Waals surface area contributed by atoms with Gasteiger partial charge in [-0.1, -0.05) is 60.7 Å². The molecule has 366 valence electrons. The van der Waals surface area contributed by atoms with E-state index >= 15 is 0 Å². The lowest BCUT2D eigenvalue weighted by molar-refractivity contribution is -0.186. The summed E-state index contributed by atoms with van der Waals surface area (Å²) >= 11 is 0. The standard InChI is InChI=1S/C52H42F10N2O6/c53-49(54,55)27-25-35-1-11-39(12-2-35)51(59,60)69-43-17-5-33(6-18-43)9-23-47(65)67-31-37-29-41(63)15-21-45(37)46-22-16-42(64)30-38(46)32-68-48(66)24-10-34-7-19-44(20-8-34)70-52(61,62)40-13-3-36(4-14-40)26-28-50(56,57)58/h1-24,29-30H,25-28,31-32,63-64H2/b23-9+,24-10+. The van der Waals surface area contributed by atoms with Gasteiger partial charge in [-0.3, -0.25) is 0 Å². The Hall–Kier alpha value is -7.76. The Morgan fingerprint density at radius 1 is 0.457 bits per heavy atom. The van der Waals surface area contributed by atoms with Crippen molar-refractivity contribution in [3.05, 3.63) is 190 Å². The summed E-state index contributed by atoms with van der Waals surface area (Å²) in [4.78, 5) is 25.6. The summed E-state index contributed by atoms with van der Waals surface area (Å²) in [6.45, 7) is -0.492. The molecule has 0 heterocycles. The zero-order valence-corrected chi connectivity index (χ0v) is 36.6. The first-order valence-electron chi connectivity index (χ1n) is 21.1. The van der Waals surface area contributed by atoms with E-state index in [2.05, 4.69) is 0 Å². The predicted molar refractivity (Wildman–Crippen MR) is 242 cm³/mol. The summed E-state index contributed by atoms with van der Waals surface area (Å²) in [6.07, 6.45) is -14.2. The van der Waals surface area contributed by atoms with Gasteiger partial charge < -0.3 is 30.4 Å². The van der Waals surface area contributed by atoms with Gasteiger partial charge in [-0.25, -0.2) is 9.59 Å².